The van der Waals surface area contributed by atoms with Crippen LogP contribution in [0.2, 0.25) is 5.02 Å². The number of ketones is 1. The van der Waals surface area contributed by atoms with Crippen LogP contribution < -0.4 is 5.32 Å². The molecule has 0 saturated carbocycles. The molecule has 94 valence electrons. The van der Waals surface area contributed by atoms with Crippen molar-refractivity contribution in [3.8, 4) is 0 Å². The molecule has 1 aromatic heterocycles. The summed E-state index contributed by atoms with van der Waals surface area (Å²) in [7, 11) is 0. The molecule has 0 bridgehead atoms. The Labute approximate surface area is 111 Å². The summed E-state index contributed by atoms with van der Waals surface area (Å²) in [5.41, 5.74) is 3.55. The molecule has 2 aromatic rings. The van der Waals surface area contributed by atoms with E-state index >= 15 is 0 Å². The second-order valence-electron chi connectivity index (χ2n) is 4.87. The Morgan fingerprint density at radius 3 is 3.11 bits per heavy atom. The first-order chi connectivity index (χ1) is 8.65. The van der Waals surface area contributed by atoms with Gasteiger partial charge in [0.15, 0.2) is 0 Å². The largest absolute Gasteiger partial charge is 0.357 e. The highest BCUT2D eigenvalue weighted by Gasteiger charge is 2.24. The summed E-state index contributed by atoms with van der Waals surface area (Å²) in [5.74, 6) is 0.206. The number of fused-ring (bicyclic) bond motifs is 3. The molecule has 0 aliphatic carbocycles. The summed E-state index contributed by atoms with van der Waals surface area (Å²) in [6.45, 7) is 2.54. The van der Waals surface area contributed by atoms with Crippen molar-refractivity contribution >= 4 is 28.3 Å². The van der Waals surface area contributed by atoms with E-state index in [9.17, 15) is 4.79 Å². The highest BCUT2D eigenvalue weighted by Crippen LogP contribution is 2.32. The van der Waals surface area contributed by atoms with E-state index in [1.807, 2.05) is 18.2 Å². The van der Waals surface area contributed by atoms with Crippen LogP contribution >= 0.6 is 11.6 Å². The third-order valence-corrected chi connectivity index (χ3v) is 3.74. The third kappa shape index (κ3) is 1.93. The van der Waals surface area contributed by atoms with Crippen molar-refractivity contribution in [1.82, 2.24) is 10.3 Å². The molecule has 18 heavy (non-hydrogen) atoms. The predicted octanol–water partition coefficient (Wildman–Crippen LogP) is 2.99. The van der Waals surface area contributed by atoms with Crippen LogP contribution in [-0.2, 0) is 11.2 Å². The Morgan fingerprint density at radius 2 is 2.33 bits per heavy atom. The monoisotopic (exact) mass is 262 g/mol. The van der Waals surface area contributed by atoms with Gasteiger partial charge in [-0.2, -0.15) is 0 Å². The van der Waals surface area contributed by atoms with Gasteiger partial charge in [-0.25, -0.2) is 0 Å². The van der Waals surface area contributed by atoms with Gasteiger partial charge in [-0.3, -0.25) is 4.79 Å². The standard InChI is InChI=1S/C14H15ClN2O/c1-8(18)6-13-14-10(4-5-16-13)11-7-9(15)2-3-12(11)17-14/h2-3,7,13,16-17H,4-6H2,1H3. The molecular weight excluding hydrogens is 248 g/mol. The molecule has 1 atom stereocenters. The predicted molar refractivity (Wildman–Crippen MR) is 73.1 cm³/mol. The number of aromatic amines is 1. The van der Waals surface area contributed by atoms with Crippen LogP contribution in [-0.4, -0.2) is 17.3 Å². The zero-order valence-corrected chi connectivity index (χ0v) is 11.0. The molecule has 1 aromatic carbocycles. The highest BCUT2D eigenvalue weighted by atomic mass is 35.5. The summed E-state index contributed by atoms with van der Waals surface area (Å²) in [5, 5.41) is 5.34. The fourth-order valence-electron chi connectivity index (χ4n) is 2.74. The van der Waals surface area contributed by atoms with E-state index in [1.54, 1.807) is 6.92 Å². The van der Waals surface area contributed by atoms with Crippen molar-refractivity contribution in [2.75, 3.05) is 6.54 Å². The summed E-state index contributed by atoms with van der Waals surface area (Å²) in [4.78, 5) is 14.7. The van der Waals surface area contributed by atoms with Crippen LogP contribution in [0.3, 0.4) is 0 Å². The Balaban J connectivity index is 2.12. The van der Waals surface area contributed by atoms with E-state index in [0.29, 0.717) is 6.42 Å². The van der Waals surface area contributed by atoms with Crippen molar-refractivity contribution in [2.24, 2.45) is 0 Å². The van der Waals surface area contributed by atoms with Gasteiger partial charge in [-0.15, -0.1) is 0 Å². The van der Waals surface area contributed by atoms with Crippen LogP contribution in [0.25, 0.3) is 10.9 Å². The first-order valence-corrected chi connectivity index (χ1v) is 6.56. The highest BCUT2D eigenvalue weighted by molar-refractivity contribution is 6.31. The van der Waals surface area contributed by atoms with Crippen molar-refractivity contribution in [3.63, 3.8) is 0 Å². The smallest absolute Gasteiger partial charge is 0.131 e. The third-order valence-electron chi connectivity index (χ3n) is 3.51. The lowest BCUT2D eigenvalue weighted by Gasteiger charge is -2.23. The second kappa shape index (κ2) is 4.41. The molecule has 1 aliphatic rings. The molecule has 3 nitrogen and oxygen atoms in total. The topological polar surface area (TPSA) is 44.9 Å². The Hall–Kier alpha value is -1.32. The van der Waals surface area contributed by atoms with Gasteiger partial charge in [0.25, 0.3) is 0 Å². The van der Waals surface area contributed by atoms with Gasteiger partial charge in [0.2, 0.25) is 0 Å². The lowest BCUT2D eigenvalue weighted by molar-refractivity contribution is -0.117. The molecule has 0 amide bonds. The van der Waals surface area contributed by atoms with E-state index in [4.69, 9.17) is 11.6 Å². The SMILES string of the molecule is CC(=O)CC1NCCc2c1[nH]c1ccc(Cl)cc21. The summed E-state index contributed by atoms with van der Waals surface area (Å²) in [6.07, 6.45) is 1.51. The number of aromatic nitrogens is 1. The number of H-pyrrole nitrogens is 1. The Morgan fingerprint density at radius 1 is 1.50 bits per heavy atom. The van der Waals surface area contributed by atoms with Crippen molar-refractivity contribution in [3.05, 3.63) is 34.5 Å². The first kappa shape index (κ1) is 11.8. The quantitative estimate of drug-likeness (QED) is 0.874. The van der Waals surface area contributed by atoms with Crippen LogP contribution in [0.15, 0.2) is 18.2 Å². The van der Waals surface area contributed by atoms with Crippen molar-refractivity contribution < 1.29 is 4.79 Å². The number of nitrogens with one attached hydrogen (secondary N) is 2. The minimum atomic E-state index is 0.109. The number of carbonyl (C=O) groups is 1. The van der Waals surface area contributed by atoms with Crippen LogP contribution in [0.4, 0.5) is 0 Å². The van der Waals surface area contributed by atoms with E-state index < -0.39 is 0 Å². The Kier molecular flexibility index (Phi) is 2.88. The zero-order valence-electron chi connectivity index (χ0n) is 10.2. The minimum absolute atomic E-state index is 0.109. The normalized spacial score (nSPS) is 18.9. The van der Waals surface area contributed by atoms with Gasteiger partial charge in [0, 0.05) is 28.0 Å². The van der Waals surface area contributed by atoms with E-state index in [2.05, 4.69) is 10.3 Å². The number of carbonyl (C=O) groups excluding carboxylic acids is 1. The zero-order chi connectivity index (χ0) is 12.7. The lowest BCUT2D eigenvalue weighted by Crippen LogP contribution is -2.30. The summed E-state index contributed by atoms with van der Waals surface area (Å²) in [6, 6.07) is 6.00. The van der Waals surface area contributed by atoms with Gasteiger partial charge in [0.1, 0.15) is 5.78 Å². The summed E-state index contributed by atoms with van der Waals surface area (Å²) < 4.78 is 0. The molecular formula is C14H15ClN2O. The van der Waals surface area contributed by atoms with E-state index in [-0.39, 0.29) is 11.8 Å². The maximum atomic E-state index is 11.3. The molecule has 0 spiro atoms. The van der Waals surface area contributed by atoms with Gasteiger partial charge < -0.3 is 10.3 Å². The molecule has 0 saturated heterocycles. The molecule has 3 rings (SSSR count). The maximum absolute atomic E-state index is 11.3. The fourth-order valence-corrected chi connectivity index (χ4v) is 2.91. The molecule has 2 heterocycles. The van der Waals surface area contributed by atoms with Crippen molar-refractivity contribution in [1.29, 1.82) is 0 Å². The number of Topliss-reactive ketones (excluding diaryl/α,β-unsaturated/α-hetero) is 1. The number of rotatable bonds is 2. The first-order valence-electron chi connectivity index (χ1n) is 6.18. The molecule has 4 heteroatoms. The maximum Gasteiger partial charge on any atom is 0.131 e. The van der Waals surface area contributed by atoms with Gasteiger partial charge in [-0.05, 0) is 43.7 Å². The average Bonchev–Trinajstić information content (AvgIpc) is 2.68. The Bertz CT molecular complexity index is 618. The van der Waals surface area contributed by atoms with Gasteiger partial charge >= 0.3 is 0 Å². The van der Waals surface area contributed by atoms with Crippen LogP contribution in [0.1, 0.15) is 30.6 Å². The van der Waals surface area contributed by atoms with Gasteiger partial charge in [0.05, 0.1) is 6.04 Å². The lowest BCUT2D eigenvalue weighted by atomic mass is 9.96. The second-order valence-corrected chi connectivity index (χ2v) is 5.31. The van der Waals surface area contributed by atoms with E-state index in [1.165, 1.54) is 10.9 Å². The van der Waals surface area contributed by atoms with Gasteiger partial charge in [-0.1, -0.05) is 11.6 Å². The van der Waals surface area contributed by atoms with Crippen LogP contribution in [0, 0.1) is 0 Å². The molecule has 2 N–H and O–H groups in total. The molecule has 0 fully saturated rings. The molecule has 1 unspecified atom stereocenters. The number of benzene rings is 1. The molecule has 0 radical (unpaired) electrons. The number of halogens is 1. The fraction of sp³-hybridized carbons (Fsp3) is 0.357. The number of hydrogen-bond donors (Lipinski definition) is 2. The van der Waals surface area contributed by atoms with Crippen LogP contribution in [0.5, 0.6) is 0 Å². The van der Waals surface area contributed by atoms with E-state index in [0.717, 1.165) is 29.2 Å². The van der Waals surface area contributed by atoms with Crippen molar-refractivity contribution in [2.45, 2.75) is 25.8 Å². The summed E-state index contributed by atoms with van der Waals surface area (Å²) >= 11 is 6.06. The number of hydrogen-bond acceptors (Lipinski definition) is 2. The molecule has 1 aliphatic heterocycles. The average molecular weight is 263 g/mol. The minimum Gasteiger partial charge on any atom is -0.357 e.